The monoisotopic (exact) mass is 551 g/mol. The molecule has 0 radical (unpaired) electrons. The third-order valence-electron chi connectivity index (χ3n) is 4.90. The van der Waals surface area contributed by atoms with Gasteiger partial charge in [0.15, 0.2) is 5.82 Å². The van der Waals surface area contributed by atoms with Gasteiger partial charge in [0.2, 0.25) is 0 Å². The molecule has 2 amide bonds. The number of pyridine rings is 1. The van der Waals surface area contributed by atoms with E-state index in [1.54, 1.807) is 6.07 Å². The molecule has 3 N–H and O–H groups in total. The van der Waals surface area contributed by atoms with E-state index in [0.29, 0.717) is 11.1 Å². The molecule has 0 bridgehead atoms. The highest BCUT2D eigenvalue weighted by Crippen LogP contribution is 2.41. The first-order chi connectivity index (χ1) is 17.1. The van der Waals surface area contributed by atoms with Gasteiger partial charge in [-0.3, -0.25) is 4.72 Å². The number of benzene rings is 2. The quantitative estimate of drug-likeness (QED) is 0.321. The Morgan fingerprint density at radius 2 is 1.92 bits per heavy atom. The molecule has 186 valence electrons. The number of carbonyl (C=O) groups excluding carboxylic acids is 1. The van der Waals surface area contributed by atoms with Gasteiger partial charge in [-0.15, -0.1) is 0 Å². The van der Waals surface area contributed by atoms with Gasteiger partial charge in [-0.2, -0.15) is 0 Å². The highest BCUT2D eigenvalue weighted by Gasteiger charge is 2.24. The van der Waals surface area contributed by atoms with Crippen molar-refractivity contribution >= 4 is 56.6 Å². The number of nitrogens with zero attached hydrogens (tertiary/aromatic N) is 3. The molecular weight excluding hydrogens is 536 g/mol. The third-order valence-corrected chi connectivity index (χ3v) is 6.86. The fourth-order valence-corrected chi connectivity index (χ4v) is 4.57. The van der Waals surface area contributed by atoms with Crippen molar-refractivity contribution in [1.29, 1.82) is 0 Å². The van der Waals surface area contributed by atoms with Gasteiger partial charge in [0.05, 0.1) is 22.8 Å². The second-order valence-electron chi connectivity index (χ2n) is 7.15. The van der Waals surface area contributed by atoms with Crippen LogP contribution in [0.2, 0.25) is 10.0 Å². The standard InChI is InChI=1S/C22H16Cl2FN5O5S/c1-34-19-9-14(12-2-4-15(23)17(25)8-12)16(24)10-18(19)30(22(26)31)21-5-3-13(11-27-21)36(32,33)29-20-6-7-35-28-20/h2-11H,1H3,(H2,26,31)(H,28,29). The van der Waals surface area contributed by atoms with Crippen molar-refractivity contribution in [2.75, 3.05) is 16.7 Å². The molecule has 2 heterocycles. The lowest BCUT2D eigenvalue weighted by Gasteiger charge is -2.23. The zero-order valence-electron chi connectivity index (χ0n) is 18.3. The number of amides is 2. The number of hydrogen-bond acceptors (Lipinski definition) is 7. The summed E-state index contributed by atoms with van der Waals surface area (Å²) >= 11 is 12.2. The summed E-state index contributed by atoms with van der Waals surface area (Å²) in [4.78, 5) is 17.3. The van der Waals surface area contributed by atoms with E-state index in [1.165, 1.54) is 55.8 Å². The van der Waals surface area contributed by atoms with Gasteiger partial charge in [-0.1, -0.05) is 34.4 Å². The van der Waals surface area contributed by atoms with Gasteiger partial charge in [0.1, 0.15) is 28.5 Å². The van der Waals surface area contributed by atoms with E-state index in [9.17, 15) is 17.6 Å². The van der Waals surface area contributed by atoms with E-state index in [4.69, 9.17) is 33.7 Å². The van der Waals surface area contributed by atoms with Crippen molar-refractivity contribution in [2.45, 2.75) is 4.90 Å². The van der Waals surface area contributed by atoms with E-state index in [1.807, 2.05) is 0 Å². The number of nitrogens with two attached hydrogens (primary N) is 1. The molecule has 0 saturated carbocycles. The maximum Gasteiger partial charge on any atom is 0.325 e. The summed E-state index contributed by atoms with van der Waals surface area (Å²) in [5, 5.41) is 3.59. The Morgan fingerprint density at radius 3 is 2.50 bits per heavy atom. The summed E-state index contributed by atoms with van der Waals surface area (Å²) in [5.41, 5.74) is 6.56. The molecule has 2 aromatic carbocycles. The van der Waals surface area contributed by atoms with Crippen LogP contribution in [0.1, 0.15) is 0 Å². The van der Waals surface area contributed by atoms with Crippen LogP contribution in [0.4, 0.5) is 26.5 Å². The zero-order valence-corrected chi connectivity index (χ0v) is 20.6. The predicted molar refractivity (Wildman–Crippen MR) is 132 cm³/mol. The summed E-state index contributed by atoms with van der Waals surface area (Å²) in [6.45, 7) is 0. The molecule has 10 nitrogen and oxygen atoms in total. The number of halogens is 3. The lowest BCUT2D eigenvalue weighted by molar-refractivity contribution is 0.255. The van der Waals surface area contributed by atoms with Crippen LogP contribution >= 0.6 is 23.2 Å². The number of anilines is 3. The van der Waals surface area contributed by atoms with Crippen LogP contribution in [0.5, 0.6) is 5.75 Å². The topological polar surface area (TPSA) is 141 Å². The van der Waals surface area contributed by atoms with Crippen LogP contribution in [0.15, 0.2) is 70.4 Å². The molecule has 0 fully saturated rings. The third kappa shape index (κ3) is 5.05. The lowest BCUT2D eigenvalue weighted by Crippen LogP contribution is -2.32. The van der Waals surface area contributed by atoms with Gasteiger partial charge in [0.25, 0.3) is 10.0 Å². The molecule has 0 aliphatic heterocycles. The Labute approximate surface area is 214 Å². The molecule has 0 spiro atoms. The number of primary amides is 1. The molecule has 14 heteroatoms. The number of methoxy groups -OCH3 is 1. The van der Waals surface area contributed by atoms with E-state index in [-0.39, 0.29) is 38.0 Å². The number of sulfonamides is 1. The molecule has 4 aromatic rings. The van der Waals surface area contributed by atoms with Gasteiger partial charge in [-0.05, 0) is 42.0 Å². The Bertz CT molecular complexity index is 1530. The van der Waals surface area contributed by atoms with Crippen molar-refractivity contribution in [3.8, 4) is 16.9 Å². The van der Waals surface area contributed by atoms with Crippen molar-refractivity contribution in [3.63, 3.8) is 0 Å². The molecule has 0 aliphatic rings. The number of nitrogens with one attached hydrogen (secondary N) is 1. The highest BCUT2D eigenvalue weighted by molar-refractivity contribution is 7.92. The first-order valence-corrected chi connectivity index (χ1v) is 12.2. The van der Waals surface area contributed by atoms with Crippen molar-refractivity contribution in [3.05, 3.63) is 76.9 Å². The summed E-state index contributed by atoms with van der Waals surface area (Å²) in [5.74, 6) is -0.500. The fourth-order valence-electron chi connectivity index (χ4n) is 3.25. The summed E-state index contributed by atoms with van der Waals surface area (Å²) in [7, 11) is -2.67. The summed E-state index contributed by atoms with van der Waals surface area (Å²) in [6.07, 6.45) is 2.24. The zero-order chi connectivity index (χ0) is 26.0. The Hall–Kier alpha value is -3.87. The van der Waals surface area contributed by atoms with Crippen LogP contribution < -0.4 is 20.1 Å². The lowest BCUT2D eigenvalue weighted by atomic mass is 10.0. The number of ether oxygens (including phenoxy) is 1. The number of hydrogen-bond donors (Lipinski definition) is 2. The molecule has 0 atom stereocenters. The van der Waals surface area contributed by atoms with Gasteiger partial charge in [-0.25, -0.2) is 27.5 Å². The van der Waals surface area contributed by atoms with E-state index < -0.39 is 21.9 Å². The maximum atomic E-state index is 14.0. The predicted octanol–water partition coefficient (Wildman–Crippen LogP) is 5.21. The van der Waals surface area contributed by atoms with Crippen LogP contribution in [-0.2, 0) is 10.0 Å². The minimum Gasteiger partial charge on any atom is -0.495 e. The molecule has 4 rings (SSSR count). The van der Waals surface area contributed by atoms with Crippen LogP contribution in [0.25, 0.3) is 11.1 Å². The molecule has 0 aliphatic carbocycles. The van der Waals surface area contributed by atoms with Crippen LogP contribution in [0, 0.1) is 5.82 Å². The molecule has 2 aromatic heterocycles. The van der Waals surface area contributed by atoms with E-state index >= 15 is 0 Å². The average molecular weight is 552 g/mol. The van der Waals surface area contributed by atoms with Gasteiger partial charge < -0.3 is 15.0 Å². The first kappa shape index (κ1) is 25.2. The Balaban J connectivity index is 1.72. The number of rotatable bonds is 7. The van der Waals surface area contributed by atoms with Crippen molar-refractivity contribution in [1.82, 2.24) is 10.1 Å². The molecule has 36 heavy (non-hydrogen) atoms. The molecule has 0 unspecified atom stereocenters. The fraction of sp³-hybridized carbons (Fsp3) is 0.0455. The summed E-state index contributed by atoms with van der Waals surface area (Å²) in [6, 6.07) is 9.94. The Morgan fingerprint density at radius 1 is 1.14 bits per heavy atom. The Kier molecular flexibility index (Phi) is 7.02. The van der Waals surface area contributed by atoms with Crippen molar-refractivity contribution < 1.29 is 26.9 Å². The van der Waals surface area contributed by atoms with E-state index in [2.05, 4.69) is 19.4 Å². The highest BCUT2D eigenvalue weighted by atomic mass is 35.5. The van der Waals surface area contributed by atoms with Gasteiger partial charge in [0, 0.05) is 17.8 Å². The van der Waals surface area contributed by atoms with E-state index in [0.717, 1.165) is 11.1 Å². The summed E-state index contributed by atoms with van der Waals surface area (Å²) < 4.78 is 51.3. The minimum atomic E-state index is -4.03. The molecular formula is C22H16Cl2FN5O5S. The second-order valence-corrected chi connectivity index (χ2v) is 9.65. The minimum absolute atomic E-state index is 0.0115. The number of urea groups is 1. The largest absolute Gasteiger partial charge is 0.495 e. The smallest absolute Gasteiger partial charge is 0.325 e. The van der Waals surface area contributed by atoms with Crippen LogP contribution in [-0.4, -0.2) is 31.7 Å². The SMILES string of the molecule is COc1cc(-c2ccc(Cl)c(F)c2)c(Cl)cc1N(C(N)=O)c1ccc(S(=O)(=O)Nc2ccon2)cn1. The first-order valence-electron chi connectivity index (χ1n) is 9.92. The second kappa shape index (κ2) is 10.0. The maximum absolute atomic E-state index is 14.0. The number of aromatic nitrogens is 2. The van der Waals surface area contributed by atoms with Gasteiger partial charge >= 0.3 is 6.03 Å². The normalized spacial score (nSPS) is 11.2. The average Bonchev–Trinajstić information content (AvgIpc) is 3.34. The van der Waals surface area contributed by atoms with Crippen LogP contribution in [0.3, 0.4) is 0 Å². The molecule has 0 saturated heterocycles. The van der Waals surface area contributed by atoms with Crippen molar-refractivity contribution in [2.24, 2.45) is 5.73 Å². The number of carbonyl (C=O) groups is 1.